The Morgan fingerprint density at radius 3 is 2.55 bits per heavy atom. The van der Waals surface area contributed by atoms with Crippen LogP contribution in [0.2, 0.25) is 0 Å². The van der Waals surface area contributed by atoms with Crippen molar-refractivity contribution in [2.45, 2.75) is 65.2 Å². The summed E-state index contributed by atoms with van der Waals surface area (Å²) in [5, 5.41) is 8.00. The summed E-state index contributed by atoms with van der Waals surface area (Å²) in [5.41, 5.74) is 0.703. The topological polar surface area (TPSA) is 58.0 Å². The lowest BCUT2D eigenvalue weighted by Crippen LogP contribution is -2.56. The molecule has 0 radical (unpaired) electrons. The van der Waals surface area contributed by atoms with E-state index in [-0.39, 0.29) is 16.7 Å². The van der Waals surface area contributed by atoms with Gasteiger partial charge in [-0.05, 0) is 61.7 Å². The number of carbonyl (C=O) groups excluding carboxylic acids is 2. The summed E-state index contributed by atoms with van der Waals surface area (Å²) in [6.07, 6.45) is 7.09. The molecule has 0 aromatic heterocycles. The Bertz CT molecular complexity index is 568. The van der Waals surface area contributed by atoms with Gasteiger partial charge in [0.15, 0.2) is 0 Å². The number of nitrogens with one attached hydrogen (secondary N) is 1. The van der Waals surface area contributed by atoms with Crippen LogP contribution in [0.5, 0.6) is 0 Å². The zero-order chi connectivity index (χ0) is 15.7. The first kappa shape index (κ1) is 14.6. The second-order valence-electron chi connectivity index (χ2n) is 8.83. The first-order chi connectivity index (χ1) is 10.4. The van der Waals surface area contributed by atoms with Gasteiger partial charge in [-0.25, -0.2) is 0 Å². The highest BCUT2D eigenvalue weighted by Crippen LogP contribution is 2.64. The molecule has 0 aliphatic heterocycles. The van der Waals surface area contributed by atoms with Gasteiger partial charge >= 0.3 is 0 Å². The minimum Gasteiger partial charge on any atom is -0.310 e. The van der Waals surface area contributed by atoms with Gasteiger partial charge in [-0.3, -0.25) is 9.59 Å². The van der Waals surface area contributed by atoms with E-state index >= 15 is 0 Å². The molecule has 3 heteroatoms. The van der Waals surface area contributed by atoms with Crippen LogP contribution in [0.25, 0.3) is 0 Å². The third-order valence-electron chi connectivity index (χ3n) is 8.03. The van der Waals surface area contributed by atoms with E-state index in [4.69, 9.17) is 5.41 Å². The molecule has 3 nitrogen and oxygen atoms in total. The minimum atomic E-state index is -0.147. The van der Waals surface area contributed by atoms with Crippen molar-refractivity contribution < 1.29 is 9.59 Å². The molecule has 0 amide bonds. The molecule has 0 spiro atoms. The Hall–Kier alpha value is -0.990. The van der Waals surface area contributed by atoms with E-state index < -0.39 is 0 Å². The van der Waals surface area contributed by atoms with E-state index in [1.807, 2.05) is 0 Å². The average Bonchev–Trinajstić information content (AvgIpc) is 2.77. The third-order valence-corrected chi connectivity index (χ3v) is 8.03. The Labute approximate surface area is 132 Å². The number of rotatable bonds is 0. The second kappa shape index (κ2) is 4.52. The van der Waals surface area contributed by atoms with Crippen molar-refractivity contribution in [2.24, 2.45) is 34.5 Å². The van der Waals surface area contributed by atoms with Crippen LogP contribution in [0.3, 0.4) is 0 Å². The van der Waals surface area contributed by atoms with E-state index in [2.05, 4.69) is 13.8 Å². The second-order valence-corrected chi connectivity index (χ2v) is 8.83. The molecular weight excluding hydrogens is 274 g/mol. The molecule has 4 rings (SSSR count). The van der Waals surface area contributed by atoms with E-state index in [0.29, 0.717) is 42.2 Å². The smallest absolute Gasteiger partial charge is 0.139 e. The van der Waals surface area contributed by atoms with E-state index in [0.717, 1.165) is 44.2 Å². The summed E-state index contributed by atoms with van der Waals surface area (Å²) in [6.45, 7) is 4.48. The standard InChI is InChI=1S/C19H27NO2/c1-18-7-5-11(20)9-15(18)16(21)10-12-13-3-4-17(22)19(13,2)8-6-14(12)18/h12-15,20H,3-10H2,1-2H3/t12?,13?,14?,15-,18-,19+/m1/s1. The molecule has 0 bridgehead atoms. The summed E-state index contributed by atoms with van der Waals surface area (Å²) in [7, 11) is 0. The lowest BCUT2D eigenvalue weighted by molar-refractivity contribution is -0.152. The van der Waals surface area contributed by atoms with Gasteiger partial charge in [0.05, 0.1) is 0 Å². The van der Waals surface area contributed by atoms with Crippen molar-refractivity contribution >= 4 is 17.3 Å². The maximum atomic E-state index is 12.8. The molecule has 1 N–H and O–H groups in total. The molecule has 4 aliphatic rings. The van der Waals surface area contributed by atoms with Gasteiger partial charge in [0.1, 0.15) is 11.6 Å². The van der Waals surface area contributed by atoms with Crippen LogP contribution in [0.15, 0.2) is 0 Å². The Kier molecular flexibility index (Phi) is 3.00. The van der Waals surface area contributed by atoms with E-state index in [1.54, 1.807) is 0 Å². The predicted octanol–water partition coefficient (Wildman–Crippen LogP) is 3.80. The van der Waals surface area contributed by atoms with E-state index in [1.165, 1.54) is 0 Å². The lowest BCUT2D eigenvalue weighted by Gasteiger charge is -2.58. The quantitative estimate of drug-likeness (QED) is 0.740. The highest BCUT2D eigenvalue weighted by molar-refractivity contribution is 5.92. The predicted molar refractivity (Wildman–Crippen MR) is 84.9 cm³/mol. The Morgan fingerprint density at radius 1 is 1.00 bits per heavy atom. The van der Waals surface area contributed by atoms with Gasteiger partial charge in [0.2, 0.25) is 0 Å². The molecule has 0 aromatic rings. The molecule has 4 saturated carbocycles. The number of hydrogen-bond acceptors (Lipinski definition) is 3. The van der Waals surface area contributed by atoms with Gasteiger partial charge in [0.25, 0.3) is 0 Å². The zero-order valence-electron chi connectivity index (χ0n) is 13.8. The van der Waals surface area contributed by atoms with Crippen LogP contribution in [-0.2, 0) is 9.59 Å². The molecule has 120 valence electrons. The molecule has 4 fully saturated rings. The van der Waals surface area contributed by atoms with Crippen LogP contribution in [0.4, 0.5) is 0 Å². The molecule has 3 unspecified atom stereocenters. The zero-order valence-corrected chi connectivity index (χ0v) is 13.8. The Balaban J connectivity index is 1.71. The fourth-order valence-corrected chi connectivity index (χ4v) is 6.64. The number of Topliss-reactive ketones (excluding diaryl/α,β-unsaturated/α-hetero) is 2. The molecule has 0 heterocycles. The maximum Gasteiger partial charge on any atom is 0.139 e. The molecule has 0 saturated heterocycles. The third kappa shape index (κ3) is 1.71. The summed E-state index contributed by atoms with van der Waals surface area (Å²) in [4.78, 5) is 25.2. The normalized spacial score (nSPS) is 51.3. The van der Waals surface area contributed by atoms with Gasteiger partial charge in [-0.1, -0.05) is 13.8 Å². The molecule has 0 aromatic carbocycles. The Morgan fingerprint density at radius 2 is 1.77 bits per heavy atom. The lowest BCUT2D eigenvalue weighted by atomic mass is 9.45. The van der Waals surface area contributed by atoms with E-state index in [9.17, 15) is 9.59 Å². The van der Waals surface area contributed by atoms with Gasteiger partial charge in [0, 0.05) is 29.9 Å². The van der Waals surface area contributed by atoms with Crippen LogP contribution < -0.4 is 0 Å². The first-order valence-electron chi connectivity index (χ1n) is 8.98. The van der Waals surface area contributed by atoms with Crippen molar-refractivity contribution in [2.75, 3.05) is 0 Å². The molecule has 6 atom stereocenters. The summed E-state index contributed by atoms with van der Waals surface area (Å²) in [6, 6.07) is 0. The number of carbonyl (C=O) groups is 2. The number of fused-ring (bicyclic) bond motifs is 5. The van der Waals surface area contributed by atoms with Crippen LogP contribution in [-0.4, -0.2) is 17.3 Å². The molecule has 22 heavy (non-hydrogen) atoms. The summed E-state index contributed by atoms with van der Waals surface area (Å²) in [5.74, 6) is 2.36. The van der Waals surface area contributed by atoms with Crippen molar-refractivity contribution in [3.05, 3.63) is 0 Å². The van der Waals surface area contributed by atoms with Crippen molar-refractivity contribution in [1.82, 2.24) is 0 Å². The SMILES string of the molecule is C[C@]12CCC3C(CC(=O)[C@H]4CC(=N)CC[C@]34C)C1CCC2=O. The van der Waals surface area contributed by atoms with Crippen molar-refractivity contribution in [3.63, 3.8) is 0 Å². The summed E-state index contributed by atoms with van der Waals surface area (Å²) >= 11 is 0. The summed E-state index contributed by atoms with van der Waals surface area (Å²) < 4.78 is 0. The van der Waals surface area contributed by atoms with Crippen LogP contribution in [0, 0.1) is 39.9 Å². The van der Waals surface area contributed by atoms with Crippen molar-refractivity contribution in [3.8, 4) is 0 Å². The van der Waals surface area contributed by atoms with Crippen LogP contribution in [0.1, 0.15) is 65.2 Å². The fraction of sp³-hybridized carbons (Fsp3) is 0.842. The maximum absolute atomic E-state index is 12.8. The van der Waals surface area contributed by atoms with Crippen molar-refractivity contribution in [1.29, 1.82) is 5.41 Å². The largest absolute Gasteiger partial charge is 0.310 e. The van der Waals surface area contributed by atoms with Crippen LogP contribution >= 0.6 is 0 Å². The van der Waals surface area contributed by atoms with Gasteiger partial charge in [-0.2, -0.15) is 0 Å². The average molecular weight is 301 g/mol. The molecule has 4 aliphatic carbocycles. The number of ketones is 2. The molecular formula is C19H27NO2. The first-order valence-corrected chi connectivity index (χ1v) is 8.98. The minimum absolute atomic E-state index is 0.0801. The number of hydrogen-bond donors (Lipinski definition) is 1. The monoisotopic (exact) mass is 301 g/mol. The highest BCUT2D eigenvalue weighted by atomic mass is 16.1. The fourth-order valence-electron chi connectivity index (χ4n) is 6.64. The van der Waals surface area contributed by atoms with Gasteiger partial charge < -0.3 is 5.41 Å². The highest BCUT2D eigenvalue weighted by Gasteiger charge is 2.61. The van der Waals surface area contributed by atoms with Gasteiger partial charge in [-0.15, -0.1) is 0 Å².